The summed E-state index contributed by atoms with van der Waals surface area (Å²) in [6.45, 7) is 3.08. The zero-order chi connectivity index (χ0) is 12.6. The fourth-order valence-corrected chi connectivity index (χ4v) is 1.82. The van der Waals surface area contributed by atoms with Gasteiger partial charge in [-0.25, -0.2) is 4.68 Å². The molecule has 2 rings (SSSR count). The highest BCUT2D eigenvalue weighted by Crippen LogP contribution is 2.25. The van der Waals surface area contributed by atoms with Crippen LogP contribution in [0.2, 0.25) is 5.02 Å². The lowest BCUT2D eigenvalue weighted by Gasteiger charge is -2.02. The fraction of sp³-hybridized carbons (Fsp3) is 0.167. The molecule has 0 amide bonds. The number of aryl methyl sites for hydroxylation is 1. The number of aromatic nitrogens is 2. The summed E-state index contributed by atoms with van der Waals surface area (Å²) in [5.41, 5.74) is 1.41. The van der Waals surface area contributed by atoms with Crippen LogP contribution in [-0.2, 0) is 0 Å². The van der Waals surface area contributed by atoms with Gasteiger partial charge in [-0.1, -0.05) is 11.6 Å². The summed E-state index contributed by atoms with van der Waals surface area (Å²) in [5, 5.41) is 14.7. The van der Waals surface area contributed by atoms with E-state index in [0.717, 1.165) is 0 Å². The minimum absolute atomic E-state index is 0.141. The van der Waals surface area contributed by atoms with Crippen molar-refractivity contribution in [3.8, 4) is 11.6 Å². The van der Waals surface area contributed by atoms with Gasteiger partial charge in [0, 0.05) is 5.02 Å². The molecule has 0 fully saturated rings. The summed E-state index contributed by atoms with van der Waals surface area (Å²) >= 11 is 5.78. The van der Waals surface area contributed by atoms with Gasteiger partial charge in [0.2, 0.25) is 5.88 Å². The number of benzene rings is 1. The van der Waals surface area contributed by atoms with Gasteiger partial charge in [-0.15, -0.1) is 0 Å². The second kappa shape index (κ2) is 4.22. The monoisotopic (exact) mass is 250 g/mol. The van der Waals surface area contributed by atoms with Gasteiger partial charge >= 0.3 is 0 Å². The SMILES string of the molecule is CC(=O)c1c(C)nn(-c2ccc(Cl)cc2)c1O. The smallest absolute Gasteiger partial charge is 0.225 e. The number of ketones is 1. The zero-order valence-corrected chi connectivity index (χ0v) is 10.2. The van der Waals surface area contributed by atoms with Crippen LogP contribution in [0.1, 0.15) is 23.0 Å². The number of Topliss-reactive ketones (excluding diaryl/α,β-unsaturated/α-hetero) is 1. The van der Waals surface area contributed by atoms with Crippen molar-refractivity contribution in [2.24, 2.45) is 0 Å². The van der Waals surface area contributed by atoms with Crippen molar-refractivity contribution in [1.82, 2.24) is 9.78 Å². The number of carbonyl (C=O) groups is 1. The standard InChI is InChI=1S/C12H11ClN2O2/c1-7-11(8(2)16)12(17)15(14-7)10-5-3-9(13)4-6-10/h3-6,17H,1-2H3. The molecular weight excluding hydrogens is 240 g/mol. The Bertz CT molecular complexity index is 573. The molecule has 0 aliphatic rings. The molecule has 0 unspecified atom stereocenters. The summed E-state index contributed by atoms with van der Waals surface area (Å²) in [6, 6.07) is 6.83. The maximum atomic E-state index is 11.4. The predicted molar refractivity (Wildman–Crippen MR) is 65.0 cm³/mol. The summed E-state index contributed by atoms with van der Waals surface area (Å²) in [7, 11) is 0. The third-order valence-corrected chi connectivity index (χ3v) is 2.71. The van der Waals surface area contributed by atoms with E-state index in [1.807, 2.05) is 0 Å². The number of rotatable bonds is 2. The van der Waals surface area contributed by atoms with Gasteiger partial charge in [0.05, 0.1) is 11.4 Å². The largest absolute Gasteiger partial charge is 0.493 e. The molecule has 0 atom stereocenters. The first-order valence-electron chi connectivity index (χ1n) is 5.06. The van der Waals surface area contributed by atoms with Crippen molar-refractivity contribution in [2.45, 2.75) is 13.8 Å². The maximum absolute atomic E-state index is 11.4. The van der Waals surface area contributed by atoms with Crippen LogP contribution in [0.3, 0.4) is 0 Å². The van der Waals surface area contributed by atoms with E-state index in [9.17, 15) is 9.90 Å². The lowest BCUT2D eigenvalue weighted by Crippen LogP contribution is -1.96. The molecule has 1 heterocycles. The highest BCUT2D eigenvalue weighted by Gasteiger charge is 2.18. The van der Waals surface area contributed by atoms with E-state index in [4.69, 9.17) is 11.6 Å². The van der Waals surface area contributed by atoms with Gasteiger partial charge in [0.15, 0.2) is 5.78 Å². The van der Waals surface area contributed by atoms with Crippen molar-refractivity contribution in [3.63, 3.8) is 0 Å². The quantitative estimate of drug-likeness (QED) is 0.834. The first-order chi connectivity index (χ1) is 8.00. The molecule has 17 heavy (non-hydrogen) atoms. The molecule has 5 heteroatoms. The van der Waals surface area contributed by atoms with E-state index in [2.05, 4.69) is 5.10 Å². The Hall–Kier alpha value is -1.81. The van der Waals surface area contributed by atoms with Crippen molar-refractivity contribution in [3.05, 3.63) is 40.5 Å². The molecule has 0 bridgehead atoms. The summed E-state index contributed by atoms with van der Waals surface area (Å²) < 4.78 is 1.32. The molecule has 0 saturated carbocycles. The van der Waals surface area contributed by atoms with Crippen molar-refractivity contribution in [1.29, 1.82) is 0 Å². The second-order valence-electron chi connectivity index (χ2n) is 3.73. The highest BCUT2D eigenvalue weighted by molar-refractivity contribution is 6.30. The Balaban J connectivity index is 2.57. The predicted octanol–water partition coefficient (Wildman–Crippen LogP) is 2.74. The molecule has 0 radical (unpaired) electrons. The Morgan fingerprint density at radius 1 is 1.35 bits per heavy atom. The number of halogens is 1. The van der Waals surface area contributed by atoms with Crippen LogP contribution in [-0.4, -0.2) is 20.7 Å². The van der Waals surface area contributed by atoms with Crippen molar-refractivity contribution >= 4 is 17.4 Å². The average molecular weight is 251 g/mol. The molecule has 0 aliphatic carbocycles. The third kappa shape index (κ3) is 2.03. The lowest BCUT2D eigenvalue weighted by molar-refractivity contribution is 0.101. The second-order valence-corrected chi connectivity index (χ2v) is 4.16. The van der Waals surface area contributed by atoms with Gasteiger partial charge in [0.25, 0.3) is 0 Å². The van der Waals surface area contributed by atoms with Gasteiger partial charge in [0.1, 0.15) is 5.56 Å². The van der Waals surface area contributed by atoms with Crippen molar-refractivity contribution in [2.75, 3.05) is 0 Å². The van der Waals surface area contributed by atoms with Gasteiger partial charge in [-0.2, -0.15) is 5.10 Å². The molecule has 0 saturated heterocycles. The average Bonchev–Trinajstić information content (AvgIpc) is 2.55. The van der Waals surface area contributed by atoms with Crippen molar-refractivity contribution < 1.29 is 9.90 Å². The summed E-state index contributed by atoms with van der Waals surface area (Å²) in [4.78, 5) is 11.4. The first kappa shape index (κ1) is 11.7. The number of aromatic hydroxyl groups is 1. The van der Waals surface area contributed by atoms with E-state index in [-0.39, 0.29) is 17.2 Å². The van der Waals surface area contributed by atoms with E-state index in [1.165, 1.54) is 11.6 Å². The number of carbonyl (C=O) groups excluding carboxylic acids is 1. The normalized spacial score (nSPS) is 10.5. The highest BCUT2D eigenvalue weighted by atomic mass is 35.5. The van der Waals surface area contributed by atoms with Crippen LogP contribution >= 0.6 is 11.6 Å². The minimum Gasteiger partial charge on any atom is -0.493 e. The minimum atomic E-state index is -0.208. The van der Waals surface area contributed by atoms with Gasteiger partial charge in [-0.3, -0.25) is 4.79 Å². The van der Waals surface area contributed by atoms with Crippen LogP contribution in [0.5, 0.6) is 5.88 Å². The summed E-state index contributed by atoms with van der Waals surface area (Å²) in [6.07, 6.45) is 0. The van der Waals surface area contributed by atoms with E-state index >= 15 is 0 Å². The van der Waals surface area contributed by atoms with Gasteiger partial charge in [-0.05, 0) is 38.1 Å². The van der Waals surface area contributed by atoms with E-state index in [1.54, 1.807) is 31.2 Å². The number of hydrogen-bond donors (Lipinski definition) is 1. The summed E-state index contributed by atoms with van der Waals surface area (Å²) in [5.74, 6) is -0.350. The molecule has 1 N–H and O–H groups in total. The van der Waals surface area contributed by atoms with Gasteiger partial charge < -0.3 is 5.11 Å². The Morgan fingerprint density at radius 3 is 2.41 bits per heavy atom. The number of hydrogen-bond acceptors (Lipinski definition) is 3. The van der Waals surface area contributed by atoms with Crippen LogP contribution in [0.4, 0.5) is 0 Å². The molecule has 0 spiro atoms. The molecule has 2 aromatic rings. The molecule has 4 nitrogen and oxygen atoms in total. The Kier molecular flexibility index (Phi) is 2.90. The van der Waals surface area contributed by atoms with Crippen LogP contribution in [0.15, 0.2) is 24.3 Å². The Morgan fingerprint density at radius 2 is 1.94 bits per heavy atom. The maximum Gasteiger partial charge on any atom is 0.225 e. The first-order valence-corrected chi connectivity index (χ1v) is 5.44. The molecule has 1 aromatic carbocycles. The van der Waals surface area contributed by atoms with Crippen LogP contribution in [0, 0.1) is 6.92 Å². The molecular formula is C12H11ClN2O2. The topological polar surface area (TPSA) is 55.1 Å². The zero-order valence-electron chi connectivity index (χ0n) is 9.44. The molecule has 0 aliphatic heterocycles. The Labute approximate surface area is 103 Å². The molecule has 1 aromatic heterocycles. The lowest BCUT2D eigenvalue weighted by atomic mass is 10.2. The van der Waals surface area contributed by atoms with E-state index in [0.29, 0.717) is 16.4 Å². The third-order valence-electron chi connectivity index (χ3n) is 2.46. The number of nitrogens with zero attached hydrogens (tertiary/aromatic N) is 2. The van der Waals surface area contributed by atoms with Crippen LogP contribution in [0.25, 0.3) is 5.69 Å². The van der Waals surface area contributed by atoms with Crippen LogP contribution < -0.4 is 0 Å². The van der Waals surface area contributed by atoms with E-state index < -0.39 is 0 Å². The molecule has 88 valence electrons. The fourth-order valence-electron chi connectivity index (χ4n) is 1.69.